The van der Waals surface area contributed by atoms with Gasteiger partial charge in [-0.15, -0.1) is 0 Å². The number of aliphatic hydroxyl groups is 1. The zero-order valence-electron chi connectivity index (χ0n) is 7.87. The number of hydrogen-bond acceptors (Lipinski definition) is 3. The van der Waals surface area contributed by atoms with Crippen molar-refractivity contribution in [3.8, 4) is 0 Å². The topological polar surface area (TPSA) is 66.4 Å². The van der Waals surface area contributed by atoms with Gasteiger partial charge in [0.25, 0.3) is 0 Å². The molecule has 0 saturated heterocycles. The minimum absolute atomic E-state index is 0.178. The van der Waals surface area contributed by atoms with Crippen LogP contribution >= 0.6 is 23.2 Å². The van der Waals surface area contributed by atoms with Crippen LogP contribution in [0, 0.1) is 5.82 Å². The van der Waals surface area contributed by atoms with Crippen LogP contribution in [0.4, 0.5) is 4.39 Å². The molecule has 0 bridgehead atoms. The van der Waals surface area contributed by atoms with Gasteiger partial charge in [-0.1, -0.05) is 23.2 Å². The van der Waals surface area contributed by atoms with Crippen LogP contribution in [0.15, 0.2) is 17.0 Å². The van der Waals surface area contributed by atoms with E-state index in [9.17, 15) is 12.8 Å². The Morgan fingerprint density at radius 1 is 1.38 bits per heavy atom. The van der Waals surface area contributed by atoms with E-state index in [0.29, 0.717) is 0 Å². The molecule has 0 atom stereocenters. The van der Waals surface area contributed by atoms with E-state index < -0.39 is 25.8 Å². The summed E-state index contributed by atoms with van der Waals surface area (Å²) in [7, 11) is -3.93. The van der Waals surface area contributed by atoms with E-state index in [1.54, 1.807) is 0 Å². The zero-order valence-corrected chi connectivity index (χ0v) is 10.2. The van der Waals surface area contributed by atoms with Gasteiger partial charge in [0.05, 0.1) is 16.7 Å². The van der Waals surface area contributed by atoms with Gasteiger partial charge in [0.15, 0.2) is 5.82 Å². The number of halogens is 3. The third-order valence-electron chi connectivity index (χ3n) is 1.69. The highest BCUT2D eigenvalue weighted by molar-refractivity contribution is 7.89. The van der Waals surface area contributed by atoms with Gasteiger partial charge in [0.2, 0.25) is 10.0 Å². The van der Waals surface area contributed by atoms with Crippen molar-refractivity contribution in [1.82, 2.24) is 4.72 Å². The first-order valence-corrected chi connectivity index (χ1v) is 6.38. The van der Waals surface area contributed by atoms with E-state index in [0.717, 1.165) is 12.1 Å². The molecule has 0 aliphatic heterocycles. The monoisotopic (exact) mass is 287 g/mol. The molecule has 2 N–H and O–H groups in total. The zero-order chi connectivity index (χ0) is 12.3. The number of aliphatic hydroxyl groups excluding tert-OH is 1. The smallest absolute Gasteiger partial charge is 0.242 e. The fraction of sp³-hybridized carbons (Fsp3) is 0.250. The number of benzene rings is 1. The second-order valence-corrected chi connectivity index (χ2v) is 5.32. The third-order valence-corrected chi connectivity index (χ3v) is 3.97. The number of nitrogens with one attached hydrogen (secondary N) is 1. The summed E-state index contributed by atoms with van der Waals surface area (Å²) in [4.78, 5) is -0.412. The average Bonchev–Trinajstić information content (AvgIpc) is 2.23. The lowest BCUT2D eigenvalue weighted by atomic mass is 10.3. The maximum Gasteiger partial charge on any atom is 0.242 e. The highest BCUT2D eigenvalue weighted by Gasteiger charge is 2.21. The minimum atomic E-state index is -3.93. The van der Waals surface area contributed by atoms with Crippen molar-refractivity contribution in [2.24, 2.45) is 0 Å². The lowest BCUT2D eigenvalue weighted by Crippen LogP contribution is -2.27. The Bertz CT molecular complexity index is 492. The van der Waals surface area contributed by atoms with Crippen LogP contribution in [0.5, 0.6) is 0 Å². The Labute approximate surface area is 102 Å². The van der Waals surface area contributed by atoms with Crippen LogP contribution in [-0.2, 0) is 10.0 Å². The van der Waals surface area contributed by atoms with Crippen molar-refractivity contribution < 1.29 is 17.9 Å². The Hall–Kier alpha value is -0.400. The third kappa shape index (κ3) is 2.83. The highest BCUT2D eigenvalue weighted by atomic mass is 35.5. The molecule has 0 aromatic heterocycles. The average molecular weight is 288 g/mol. The Balaban J connectivity index is 3.19. The number of hydrogen-bond donors (Lipinski definition) is 2. The summed E-state index contributed by atoms with van der Waals surface area (Å²) in [6.45, 7) is -0.546. The Kier molecular flexibility index (Phi) is 4.52. The van der Waals surface area contributed by atoms with Crippen LogP contribution in [0.2, 0.25) is 10.0 Å². The number of rotatable bonds is 4. The normalized spacial score (nSPS) is 11.8. The van der Waals surface area contributed by atoms with Crippen LogP contribution in [0.1, 0.15) is 0 Å². The van der Waals surface area contributed by atoms with Crippen molar-refractivity contribution in [2.45, 2.75) is 4.90 Å². The van der Waals surface area contributed by atoms with Gasteiger partial charge in [-0.2, -0.15) is 0 Å². The van der Waals surface area contributed by atoms with Gasteiger partial charge >= 0.3 is 0 Å². The largest absolute Gasteiger partial charge is 0.395 e. The molecule has 0 fully saturated rings. The molecule has 0 radical (unpaired) electrons. The molecule has 0 aliphatic rings. The first-order valence-electron chi connectivity index (χ1n) is 4.14. The summed E-state index contributed by atoms with van der Waals surface area (Å²) in [5, 5.41) is 7.66. The lowest BCUT2D eigenvalue weighted by molar-refractivity contribution is 0.301. The second-order valence-electron chi connectivity index (χ2n) is 2.79. The van der Waals surface area contributed by atoms with E-state index in [-0.39, 0.29) is 18.2 Å². The lowest BCUT2D eigenvalue weighted by Gasteiger charge is -2.08. The summed E-state index contributed by atoms with van der Waals surface area (Å²) in [5.74, 6) is -0.991. The van der Waals surface area contributed by atoms with E-state index >= 15 is 0 Å². The fourth-order valence-electron chi connectivity index (χ4n) is 0.973. The van der Waals surface area contributed by atoms with E-state index in [1.165, 1.54) is 0 Å². The van der Waals surface area contributed by atoms with Crippen molar-refractivity contribution >= 4 is 33.2 Å². The van der Waals surface area contributed by atoms with Crippen molar-refractivity contribution in [2.75, 3.05) is 13.2 Å². The molecule has 4 nitrogen and oxygen atoms in total. The predicted octanol–water partition coefficient (Wildman–Crippen LogP) is 1.40. The standard InChI is InChI=1S/C8H8Cl2FNO3S/c9-5-1-2-6(7(10)8(5)11)16(14,15)12-3-4-13/h1-2,12-13H,3-4H2. The van der Waals surface area contributed by atoms with Crippen LogP contribution < -0.4 is 4.72 Å². The van der Waals surface area contributed by atoms with E-state index in [1.807, 2.05) is 4.72 Å². The molecule has 0 spiro atoms. The molecule has 8 heteroatoms. The van der Waals surface area contributed by atoms with Crippen molar-refractivity contribution in [3.63, 3.8) is 0 Å². The second kappa shape index (κ2) is 5.29. The first kappa shape index (κ1) is 13.7. The molecule has 0 unspecified atom stereocenters. The SMILES string of the molecule is O=S(=O)(NCCO)c1ccc(Cl)c(F)c1Cl. The van der Waals surface area contributed by atoms with Gasteiger partial charge in [-0.25, -0.2) is 17.5 Å². The molecule has 1 aromatic rings. The van der Waals surface area contributed by atoms with Gasteiger partial charge in [0.1, 0.15) is 4.90 Å². The summed E-state index contributed by atoms with van der Waals surface area (Å²) in [5.41, 5.74) is 0. The quantitative estimate of drug-likeness (QED) is 0.823. The molecule has 0 amide bonds. The van der Waals surface area contributed by atoms with Crippen molar-refractivity contribution in [1.29, 1.82) is 0 Å². The maximum absolute atomic E-state index is 13.2. The van der Waals surface area contributed by atoms with Gasteiger partial charge in [-0.05, 0) is 12.1 Å². The highest BCUT2D eigenvalue weighted by Crippen LogP contribution is 2.29. The van der Waals surface area contributed by atoms with Crippen LogP contribution in [-0.4, -0.2) is 26.7 Å². The van der Waals surface area contributed by atoms with Gasteiger partial charge in [0, 0.05) is 6.54 Å². The Morgan fingerprint density at radius 3 is 2.56 bits per heavy atom. The first-order chi connectivity index (χ1) is 7.40. The van der Waals surface area contributed by atoms with Crippen LogP contribution in [0.25, 0.3) is 0 Å². The van der Waals surface area contributed by atoms with Gasteiger partial charge in [-0.3, -0.25) is 0 Å². The summed E-state index contributed by atoms with van der Waals surface area (Å²) in [6, 6.07) is 2.18. The molecule has 0 aliphatic carbocycles. The van der Waals surface area contributed by atoms with Crippen molar-refractivity contribution in [3.05, 3.63) is 28.0 Å². The summed E-state index contributed by atoms with van der Waals surface area (Å²) >= 11 is 10.9. The van der Waals surface area contributed by atoms with E-state index in [2.05, 4.69) is 0 Å². The van der Waals surface area contributed by atoms with E-state index in [4.69, 9.17) is 28.3 Å². The molecular formula is C8H8Cl2FNO3S. The van der Waals surface area contributed by atoms with Gasteiger partial charge < -0.3 is 5.11 Å². The molecule has 90 valence electrons. The number of sulfonamides is 1. The molecule has 1 aromatic carbocycles. The molecular weight excluding hydrogens is 280 g/mol. The molecule has 0 heterocycles. The Morgan fingerprint density at radius 2 is 2.00 bits per heavy atom. The molecule has 1 rings (SSSR count). The molecule has 16 heavy (non-hydrogen) atoms. The van der Waals surface area contributed by atoms with Crippen LogP contribution in [0.3, 0.4) is 0 Å². The minimum Gasteiger partial charge on any atom is -0.395 e. The summed E-state index contributed by atoms with van der Waals surface area (Å²) < 4.78 is 38.4. The summed E-state index contributed by atoms with van der Waals surface area (Å²) in [6.07, 6.45) is 0. The molecule has 0 saturated carbocycles. The predicted molar refractivity (Wildman–Crippen MR) is 58.7 cm³/mol. The maximum atomic E-state index is 13.2. The fourth-order valence-corrected chi connectivity index (χ4v) is 2.74.